The lowest BCUT2D eigenvalue weighted by Gasteiger charge is -2.15. The highest BCUT2D eigenvalue weighted by Gasteiger charge is 2.18. The highest BCUT2D eigenvalue weighted by Crippen LogP contribution is 2.30. The Kier molecular flexibility index (Phi) is 4.41. The topological polar surface area (TPSA) is 65.0 Å². The van der Waals surface area contributed by atoms with Crippen LogP contribution in [0.5, 0.6) is 11.5 Å². The molecular formula is C14H16O5. The summed E-state index contributed by atoms with van der Waals surface area (Å²) >= 11 is 0. The molecule has 0 aliphatic carbocycles. The Bertz CT molecular complexity index is 475. The Morgan fingerprint density at radius 3 is 2.95 bits per heavy atom. The average Bonchev–Trinajstić information content (AvgIpc) is 2.90. The fourth-order valence-corrected chi connectivity index (χ4v) is 1.84. The molecule has 0 radical (unpaired) electrons. The lowest BCUT2D eigenvalue weighted by atomic mass is 10.2. The molecule has 1 fully saturated rings. The minimum absolute atomic E-state index is 0.0503. The normalized spacial score (nSPS) is 18.7. The van der Waals surface area contributed by atoms with E-state index in [9.17, 15) is 4.79 Å². The van der Waals surface area contributed by atoms with Gasteiger partial charge in [-0.1, -0.05) is 6.07 Å². The molecule has 2 rings (SSSR count). The van der Waals surface area contributed by atoms with E-state index in [0.717, 1.165) is 18.1 Å². The van der Waals surface area contributed by atoms with E-state index in [2.05, 4.69) is 0 Å². The molecule has 5 nitrogen and oxygen atoms in total. The number of methoxy groups -OCH3 is 1. The minimum atomic E-state index is -0.984. The molecule has 19 heavy (non-hydrogen) atoms. The quantitative estimate of drug-likeness (QED) is 0.823. The van der Waals surface area contributed by atoms with Crippen LogP contribution >= 0.6 is 0 Å². The number of carboxylic acid groups (broad SMARTS) is 1. The highest BCUT2D eigenvalue weighted by atomic mass is 16.6. The maximum Gasteiger partial charge on any atom is 0.328 e. The molecule has 1 aromatic rings. The van der Waals surface area contributed by atoms with Crippen LogP contribution in [0, 0.1) is 0 Å². The number of ether oxygens (including phenoxy) is 3. The molecule has 1 heterocycles. The van der Waals surface area contributed by atoms with Gasteiger partial charge in [0.15, 0.2) is 11.5 Å². The van der Waals surface area contributed by atoms with E-state index in [1.807, 2.05) is 0 Å². The van der Waals surface area contributed by atoms with Crippen molar-refractivity contribution in [3.05, 3.63) is 29.8 Å². The SMILES string of the molecule is COc1cc(C=CC(=O)O)ccc1OC1CCOC1. The van der Waals surface area contributed by atoms with Crippen molar-refractivity contribution in [2.75, 3.05) is 20.3 Å². The fourth-order valence-electron chi connectivity index (χ4n) is 1.84. The maximum atomic E-state index is 10.5. The van der Waals surface area contributed by atoms with Crippen LogP contribution in [0.4, 0.5) is 0 Å². The summed E-state index contributed by atoms with van der Waals surface area (Å²) in [4.78, 5) is 10.5. The summed E-state index contributed by atoms with van der Waals surface area (Å²) in [5.41, 5.74) is 0.745. The van der Waals surface area contributed by atoms with Crippen LogP contribution in [-0.4, -0.2) is 37.5 Å². The zero-order valence-corrected chi connectivity index (χ0v) is 10.7. The van der Waals surface area contributed by atoms with E-state index < -0.39 is 5.97 Å². The molecule has 0 aromatic heterocycles. The third-order valence-corrected chi connectivity index (χ3v) is 2.79. The summed E-state index contributed by atoms with van der Waals surface area (Å²) in [6.45, 7) is 1.30. The summed E-state index contributed by atoms with van der Waals surface area (Å²) in [7, 11) is 1.55. The number of hydrogen-bond donors (Lipinski definition) is 1. The summed E-state index contributed by atoms with van der Waals surface area (Å²) in [6.07, 6.45) is 3.51. The number of benzene rings is 1. The molecule has 0 saturated carbocycles. The van der Waals surface area contributed by atoms with E-state index in [-0.39, 0.29) is 6.10 Å². The second kappa shape index (κ2) is 6.24. The molecule has 5 heteroatoms. The summed E-state index contributed by atoms with van der Waals surface area (Å²) < 4.78 is 16.3. The first kappa shape index (κ1) is 13.4. The lowest BCUT2D eigenvalue weighted by molar-refractivity contribution is -0.131. The van der Waals surface area contributed by atoms with Crippen molar-refractivity contribution < 1.29 is 24.1 Å². The van der Waals surface area contributed by atoms with Crippen molar-refractivity contribution in [1.29, 1.82) is 0 Å². The number of rotatable bonds is 5. The Hall–Kier alpha value is -2.01. The van der Waals surface area contributed by atoms with Gasteiger partial charge in [-0.15, -0.1) is 0 Å². The zero-order valence-electron chi connectivity index (χ0n) is 10.7. The molecule has 1 atom stereocenters. The predicted molar refractivity (Wildman–Crippen MR) is 69.5 cm³/mol. The number of carboxylic acids is 1. The Morgan fingerprint density at radius 2 is 2.32 bits per heavy atom. The van der Waals surface area contributed by atoms with Crippen molar-refractivity contribution >= 4 is 12.0 Å². The molecule has 1 aliphatic heterocycles. The standard InChI is InChI=1S/C14H16O5/c1-17-13-8-10(3-5-14(15)16)2-4-12(13)19-11-6-7-18-9-11/h2-5,8,11H,6-7,9H2,1H3,(H,15,16). The van der Waals surface area contributed by atoms with Crippen LogP contribution in [0.15, 0.2) is 24.3 Å². The van der Waals surface area contributed by atoms with Crippen molar-refractivity contribution in [1.82, 2.24) is 0 Å². The fraction of sp³-hybridized carbons (Fsp3) is 0.357. The molecule has 0 bridgehead atoms. The lowest BCUT2D eigenvalue weighted by Crippen LogP contribution is -2.16. The average molecular weight is 264 g/mol. The zero-order chi connectivity index (χ0) is 13.7. The summed E-state index contributed by atoms with van der Waals surface area (Å²) in [5, 5.41) is 8.59. The van der Waals surface area contributed by atoms with Crippen molar-refractivity contribution in [2.45, 2.75) is 12.5 Å². The third-order valence-electron chi connectivity index (χ3n) is 2.79. The van der Waals surface area contributed by atoms with Crippen LogP contribution in [0.2, 0.25) is 0 Å². The maximum absolute atomic E-state index is 10.5. The first-order valence-electron chi connectivity index (χ1n) is 6.02. The Balaban J connectivity index is 2.13. The van der Waals surface area contributed by atoms with Crippen LogP contribution in [-0.2, 0) is 9.53 Å². The van der Waals surface area contributed by atoms with Gasteiger partial charge in [0, 0.05) is 12.5 Å². The monoisotopic (exact) mass is 264 g/mol. The van der Waals surface area contributed by atoms with E-state index in [0.29, 0.717) is 24.7 Å². The van der Waals surface area contributed by atoms with Gasteiger partial charge in [-0.25, -0.2) is 4.79 Å². The third kappa shape index (κ3) is 3.72. The minimum Gasteiger partial charge on any atom is -0.493 e. The number of hydrogen-bond acceptors (Lipinski definition) is 4. The number of carbonyl (C=O) groups is 1. The molecule has 1 aromatic carbocycles. The van der Waals surface area contributed by atoms with Crippen molar-refractivity contribution in [2.24, 2.45) is 0 Å². The van der Waals surface area contributed by atoms with Gasteiger partial charge in [-0.3, -0.25) is 0 Å². The van der Waals surface area contributed by atoms with Crippen LogP contribution in [0.25, 0.3) is 6.08 Å². The van der Waals surface area contributed by atoms with Crippen molar-refractivity contribution in [3.63, 3.8) is 0 Å². The van der Waals surface area contributed by atoms with Gasteiger partial charge >= 0.3 is 5.97 Å². The smallest absolute Gasteiger partial charge is 0.328 e. The highest BCUT2D eigenvalue weighted by molar-refractivity contribution is 5.85. The predicted octanol–water partition coefficient (Wildman–Crippen LogP) is 1.96. The molecule has 1 aliphatic rings. The van der Waals surface area contributed by atoms with Crippen molar-refractivity contribution in [3.8, 4) is 11.5 Å². The first-order chi connectivity index (χ1) is 9.19. The molecule has 1 N–H and O–H groups in total. The van der Waals surface area contributed by atoms with Crippen LogP contribution in [0.1, 0.15) is 12.0 Å². The van der Waals surface area contributed by atoms with Gasteiger partial charge < -0.3 is 19.3 Å². The van der Waals surface area contributed by atoms with Gasteiger partial charge in [0.05, 0.1) is 20.3 Å². The Morgan fingerprint density at radius 1 is 1.47 bits per heavy atom. The largest absolute Gasteiger partial charge is 0.493 e. The molecule has 1 unspecified atom stereocenters. The van der Waals surface area contributed by atoms with Crippen LogP contribution in [0.3, 0.4) is 0 Å². The Labute approximate surface area is 111 Å². The summed E-state index contributed by atoms with van der Waals surface area (Å²) in [5.74, 6) is 0.243. The molecular weight excluding hydrogens is 248 g/mol. The van der Waals surface area contributed by atoms with Crippen LogP contribution < -0.4 is 9.47 Å². The molecule has 1 saturated heterocycles. The van der Waals surface area contributed by atoms with E-state index in [1.54, 1.807) is 25.3 Å². The van der Waals surface area contributed by atoms with Gasteiger partial charge in [0.1, 0.15) is 6.10 Å². The molecule has 102 valence electrons. The number of aliphatic carboxylic acids is 1. The van der Waals surface area contributed by atoms with Gasteiger partial charge in [0.25, 0.3) is 0 Å². The second-order valence-corrected chi connectivity index (χ2v) is 4.19. The van der Waals surface area contributed by atoms with E-state index in [1.165, 1.54) is 6.08 Å². The summed E-state index contributed by atoms with van der Waals surface area (Å²) in [6, 6.07) is 5.30. The van der Waals surface area contributed by atoms with Gasteiger partial charge in [-0.05, 0) is 23.8 Å². The van der Waals surface area contributed by atoms with Gasteiger partial charge in [-0.2, -0.15) is 0 Å². The van der Waals surface area contributed by atoms with E-state index >= 15 is 0 Å². The first-order valence-corrected chi connectivity index (χ1v) is 6.02. The molecule has 0 amide bonds. The molecule has 0 spiro atoms. The van der Waals surface area contributed by atoms with Gasteiger partial charge in [0.2, 0.25) is 0 Å². The second-order valence-electron chi connectivity index (χ2n) is 4.19. The van der Waals surface area contributed by atoms with E-state index in [4.69, 9.17) is 19.3 Å².